The predicted octanol–water partition coefficient (Wildman–Crippen LogP) is 5.04. The van der Waals surface area contributed by atoms with E-state index in [4.69, 9.17) is 10.1 Å². The van der Waals surface area contributed by atoms with E-state index in [1.807, 2.05) is 0 Å². The van der Waals surface area contributed by atoms with Crippen molar-refractivity contribution < 1.29 is 20.2 Å². The Morgan fingerprint density at radius 2 is 1.33 bits per heavy atom. The molecule has 0 amide bonds. The van der Waals surface area contributed by atoms with Gasteiger partial charge in [0.05, 0.1) is 6.10 Å². The van der Waals surface area contributed by atoms with Crippen LogP contribution in [0.4, 0.5) is 0 Å². The second kappa shape index (κ2) is 14.9. The minimum absolute atomic E-state index is 0.0349. The lowest BCUT2D eigenvalue weighted by molar-refractivity contribution is -0.632. The lowest BCUT2D eigenvalue weighted by Crippen LogP contribution is -2.13. The normalized spacial score (nSPS) is 12.8. The molecule has 0 aromatic rings. The van der Waals surface area contributed by atoms with Gasteiger partial charge >= 0.3 is 0 Å². The van der Waals surface area contributed by atoms with Crippen molar-refractivity contribution in [2.75, 3.05) is 0 Å². The first kappa shape index (κ1) is 17.8. The maximum absolute atomic E-state index is 8.09. The van der Waals surface area contributed by atoms with Crippen molar-refractivity contribution in [1.82, 2.24) is 0 Å². The summed E-state index contributed by atoms with van der Waals surface area (Å²) in [5, 5.41) is 15.7. The van der Waals surface area contributed by atoms with Crippen LogP contribution in [0.5, 0.6) is 0 Å². The topological polar surface area (TPSA) is 47.9 Å². The average molecular weight is 262 g/mol. The van der Waals surface area contributed by atoms with Gasteiger partial charge in [0, 0.05) is 0 Å². The summed E-state index contributed by atoms with van der Waals surface area (Å²) in [6, 6.07) is 0. The van der Waals surface area contributed by atoms with Crippen LogP contribution in [0, 0.1) is 0 Å². The third-order valence-electron chi connectivity index (χ3n) is 3.22. The quantitative estimate of drug-likeness (QED) is 0.271. The third-order valence-corrected chi connectivity index (χ3v) is 3.22. The lowest BCUT2D eigenvalue weighted by atomic mass is 10.0. The molecule has 0 saturated carbocycles. The minimum atomic E-state index is 0.0349. The molecule has 0 rings (SSSR count). The molecule has 18 heavy (non-hydrogen) atoms. The third kappa shape index (κ3) is 12.3. The van der Waals surface area contributed by atoms with E-state index < -0.39 is 0 Å². The van der Waals surface area contributed by atoms with Gasteiger partial charge in [-0.1, -0.05) is 71.6 Å². The maximum atomic E-state index is 8.09. The molecular weight excluding hydrogens is 232 g/mol. The van der Waals surface area contributed by atoms with Gasteiger partial charge in [-0.15, -0.1) is 0 Å². The molecule has 110 valence electrons. The van der Waals surface area contributed by atoms with E-state index >= 15 is 0 Å². The van der Waals surface area contributed by atoms with E-state index in [9.17, 15) is 0 Å². The number of hydrogen-bond donors (Lipinski definition) is 1. The van der Waals surface area contributed by atoms with Crippen molar-refractivity contribution in [3.63, 3.8) is 0 Å². The average Bonchev–Trinajstić information content (AvgIpc) is 2.40. The molecule has 0 heterocycles. The van der Waals surface area contributed by atoms with E-state index in [1.165, 1.54) is 38.5 Å². The molecule has 0 radical (unpaired) electrons. The highest BCUT2D eigenvalue weighted by molar-refractivity contribution is 4.57. The largest absolute Gasteiger partial charge is 0.219 e. The molecule has 1 atom stereocenters. The van der Waals surface area contributed by atoms with Crippen LogP contribution >= 0.6 is 0 Å². The Balaban J connectivity index is 3.43. The van der Waals surface area contributed by atoms with Crippen LogP contribution in [0.3, 0.4) is 0 Å². The summed E-state index contributed by atoms with van der Waals surface area (Å²) < 4.78 is 0. The molecule has 1 unspecified atom stereocenters. The summed E-state index contributed by atoms with van der Waals surface area (Å²) in [7, 11) is 0. The zero-order valence-corrected chi connectivity index (χ0v) is 12.0. The SMILES string of the molecule is CCCCCCCCCC(CCCC)OOOO. The van der Waals surface area contributed by atoms with Crippen LogP contribution in [-0.2, 0) is 15.0 Å². The second-order valence-corrected chi connectivity index (χ2v) is 4.91. The number of hydrogen-bond acceptors (Lipinski definition) is 4. The van der Waals surface area contributed by atoms with Crippen LogP contribution in [0.25, 0.3) is 0 Å². The highest BCUT2D eigenvalue weighted by Gasteiger charge is 2.10. The van der Waals surface area contributed by atoms with Crippen molar-refractivity contribution in [3.8, 4) is 0 Å². The first-order chi connectivity index (χ1) is 8.85. The Hall–Kier alpha value is -0.160. The van der Waals surface area contributed by atoms with E-state index in [0.717, 1.165) is 32.1 Å². The summed E-state index contributed by atoms with van der Waals surface area (Å²) >= 11 is 0. The van der Waals surface area contributed by atoms with Crippen molar-refractivity contribution in [1.29, 1.82) is 0 Å². The van der Waals surface area contributed by atoms with Crippen molar-refractivity contribution in [3.05, 3.63) is 0 Å². The number of unbranched alkanes of at least 4 members (excludes halogenated alkanes) is 7. The Morgan fingerprint density at radius 3 is 1.94 bits per heavy atom. The zero-order valence-electron chi connectivity index (χ0n) is 12.0. The van der Waals surface area contributed by atoms with Crippen molar-refractivity contribution in [2.24, 2.45) is 0 Å². The van der Waals surface area contributed by atoms with Crippen LogP contribution in [0.15, 0.2) is 0 Å². The molecule has 0 aromatic carbocycles. The monoisotopic (exact) mass is 262 g/mol. The molecule has 4 heteroatoms. The van der Waals surface area contributed by atoms with Gasteiger partial charge in [-0.05, 0) is 22.9 Å². The standard InChI is InChI=1S/C14H30O4/c1-3-5-7-8-9-10-11-13-14(12-6-4-2)16-18-17-15/h14-15H,3-13H2,1-2H3. The van der Waals surface area contributed by atoms with Crippen LogP contribution in [0.1, 0.15) is 84.5 Å². The zero-order chi connectivity index (χ0) is 13.5. The van der Waals surface area contributed by atoms with Gasteiger partial charge in [-0.25, -0.2) is 10.1 Å². The molecule has 0 bridgehead atoms. The van der Waals surface area contributed by atoms with Gasteiger partial charge in [0.1, 0.15) is 0 Å². The Morgan fingerprint density at radius 1 is 0.778 bits per heavy atom. The fraction of sp³-hybridized carbons (Fsp3) is 1.00. The summed E-state index contributed by atoms with van der Waals surface area (Å²) in [5.41, 5.74) is 0. The summed E-state index contributed by atoms with van der Waals surface area (Å²) in [6.45, 7) is 4.38. The minimum Gasteiger partial charge on any atom is -0.219 e. The van der Waals surface area contributed by atoms with Gasteiger partial charge in [0.25, 0.3) is 0 Å². The molecular formula is C14H30O4. The first-order valence-corrected chi connectivity index (χ1v) is 7.48. The van der Waals surface area contributed by atoms with Gasteiger partial charge in [-0.3, -0.25) is 0 Å². The smallest absolute Gasteiger partial charge is 0.0962 e. The van der Waals surface area contributed by atoms with E-state index in [1.54, 1.807) is 0 Å². The summed E-state index contributed by atoms with van der Waals surface area (Å²) in [4.78, 5) is 4.97. The van der Waals surface area contributed by atoms with Crippen LogP contribution in [-0.4, -0.2) is 11.4 Å². The van der Waals surface area contributed by atoms with Crippen LogP contribution in [0.2, 0.25) is 0 Å². The fourth-order valence-electron chi connectivity index (χ4n) is 2.07. The van der Waals surface area contributed by atoms with Gasteiger partial charge < -0.3 is 0 Å². The Labute approximate surface area is 111 Å². The fourth-order valence-corrected chi connectivity index (χ4v) is 2.07. The first-order valence-electron chi connectivity index (χ1n) is 7.48. The maximum Gasteiger partial charge on any atom is 0.0962 e. The second-order valence-electron chi connectivity index (χ2n) is 4.91. The number of rotatable bonds is 14. The van der Waals surface area contributed by atoms with E-state index in [2.05, 4.69) is 23.9 Å². The Bertz CT molecular complexity index is 145. The molecule has 0 fully saturated rings. The summed E-state index contributed by atoms with van der Waals surface area (Å²) in [6.07, 6.45) is 13.2. The lowest BCUT2D eigenvalue weighted by Gasteiger charge is -2.13. The molecule has 0 saturated heterocycles. The van der Waals surface area contributed by atoms with Gasteiger partial charge in [0.15, 0.2) is 0 Å². The molecule has 0 aliphatic heterocycles. The van der Waals surface area contributed by atoms with Crippen LogP contribution < -0.4 is 0 Å². The van der Waals surface area contributed by atoms with Crippen molar-refractivity contribution in [2.45, 2.75) is 90.6 Å². The van der Waals surface area contributed by atoms with E-state index in [0.29, 0.717) is 0 Å². The highest BCUT2D eigenvalue weighted by atomic mass is 17.6. The van der Waals surface area contributed by atoms with Gasteiger partial charge in [-0.2, -0.15) is 0 Å². The highest BCUT2D eigenvalue weighted by Crippen LogP contribution is 2.15. The van der Waals surface area contributed by atoms with Gasteiger partial charge in [0.2, 0.25) is 0 Å². The Kier molecular flexibility index (Phi) is 14.8. The molecule has 4 nitrogen and oxygen atoms in total. The molecule has 0 aliphatic rings. The van der Waals surface area contributed by atoms with Crippen molar-refractivity contribution >= 4 is 0 Å². The van der Waals surface area contributed by atoms with E-state index in [-0.39, 0.29) is 6.10 Å². The summed E-state index contributed by atoms with van der Waals surface area (Å²) in [5.74, 6) is 0. The molecule has 0 aromatic heterocycles. The molecule has 1 N–H and O–H groups in total. The molecule has 0 aliphatic carbocycles. The molecule has 0 spiro atoms. The predicted molar refractivity (Wildman–Crippen MR) is 71.8 cm³/mol.